The molecule has 4 nitrogen and oxygen atoms in total. The highest BCUT2D eigenvalue weighted by Gasteiger charge is 2.35. The molecule has 1 aliphatic carbocycles. The van der Waals surface area contributed by atoms with Crippen molar-refractivity contribution in [2.24, 2.45) is 10.6 Å². The molecule has 4 heteroatoms. The zero-order valence-electron chi connectivity index (χ0n) is 14.1. The molecular weight excluding hydrogens is 290 g/mol. The van der Waals surface area contributed by atoms with Gasteiger partial charge in [-0.25, -0.2) is 0 Å². The smallest absolute Gasteiger partial charge is 0.168 e. The van der Waals surface area contributed by atoms with Gasteiger partial charge < -0.3 is 9.94 Å². The number of hydrogen-bond acceptors (Lipinski definition) is 4. The van der Waals surface area contributed by atoms with E-state index >= 15 is 0 Å². The Balaban J connectivity index is 2.17. The summed E-state index contributed by atoms with van der Waals surface area (Å²) in [5.41, 5.74) is 1.73. The van der Waals surface area contributed by atoms with E-state index in [2.05, 4.69) is 5.16 Å². The summed E-state index contributed by atoms with van der Waals surface area (Å²) >= 11 is 0. The summed E-state index contributed by atoms with van der Waals surface area (Å²) < 4.78 is 0. The van der Waals surface area contributed by atoms with Crippen molar-refractivity contribution in [3.05, 3.63) is 47.2 Å². The van der Waals surface area contributed by atoms with Gasteiger partial charge in [0.05, 0.1) is 11.3 Å². The van der Waals surface area contributed by atoms with Crippen molar-refractivity contribution in [3.8, 4) is 0 Å². The molecule has 1 aromatic carbocycles. The fourth-order valence-corrected chi connectivity index (χ4v) is 2.83. The maximum Gasteiger partial charge on any atom is 0.168 e. The van der Waals surface area contributed by atoms with Gasteiger partial charge in [-0.3, -0.25) is 4.79 Å². The Bertz CT molecular complexity index is 615. The molecule has 0 heterocycles. The molecule has 0 amide bonds. The average Bonchev–Trinajstić information content (AvgIpc) is 2.46. The van der Waals surface area contributed by atoms with Crippen molar-refractivity contribution in [2.75, 3.05) is 0 Å². The highest BCUT2D eigenvalue weighted by Crippen LogP contribution is 2.36. The first-order valence-corrected chi connectivity index (χ1v) is 8.11. The standard InChI is InChI=1S/C19H25NO3/c1-4-8-15(20-23-13-14-9-6-5-7-10-14)18-16(21)11-19(2,3)12-17(18)22/h5-7,9-10,21H,4,8,11-13H2,1-3H3. The van der Waals surface area contributed by atoms with Crippen LogP contribution in [0.25, 0.3) is 0 Å². The third-order valence-corrected chi connectivity index (χ3v) is 3.88. The number of aliphatic hydroxyl groups excluding tert-OH is 1. The van der Waals surface area contributed by atoms with E-state index in [4.69, 9.17) is 4.84 Å². The Kier molecular flexibility index (Phi) is 5.59. The van der Waals surface area contributed by atoms with Gasteiger partial charge in [0.1, 0.15) is 12.4 Å². The van der Waals surface area contributed by atoms with Crippen LogP contribution < -0.4 is 0 Å². The number of Topliss-reactive ketones (excluding diaryl/α,β-unsaturated/α-hetero) is 1. The van der Waals surface area contributed by atoms with Crippen molar-refractivity contribution in [2.45, 2.75) is 53.1 Å². The quantitative estimate of drug-likeness (QED) is 0.618. The SMILES string of the molecule is CCCC(=NOCc1ccccc1)C1=C(O)CC(C)(C)CC1=O. The van der Waals surface area contributed by atoms with Crippen LogP contribution in [0.5, 0.6) is 0 Å². The van der Waals surface area contributed by atoms with Gasteiger partial charge in [-0.2, -0.15) is 0 Å². The minimum absolute atomic E-state index is 0.0470. The van der Waals surface area contributed by atoms with E-state index in [1.54, 1.807) is 0 Å². The third-order valence-electron chi connectivity index (χ3n) is 3.88. The van der Waals surface area contributed by atoms with Crippen LogP contribution in [-0.4, -0.2) is 16.6 Å². The van der Waals surface area contributed by atoms with Crippen molar-refractivity contribution in [1.82, 2.24) is 0 Å². The molecular formula is C19H25NO3. The molecule has 0 unspecified atom stereocenters. The topological polar surface area (TPSA) is 58.9 Å². The lowest BCUT2D eigenvalue weighted by molar-refractivity contribution is -0.118. The van der Waals surface area contributed by atoms with E-state index in [1.807, 2.05) is 51.1 Å². The largest absolute Gasteiger partial charge is 0.511 e. The van der Waals surface area contributed by atoms with E-state index < -0.39 is 0 Å². The molecule has 0 fully saturated rings. The molecule has 0 radical (unpaired) electrons. The summed E-state index contributed by atoms with van der Waals surface area (Å²) in [5.74, 6) is 0.0935. The van der Waals surface area contributed by atoms with Crippen LogP contribution in [-0.2, 0) is 16.2 Å². The van der Waals surface area contributed by atoms with Crippen LogP contribution in [0.3, 0.4) is 0 Å². The fraction of sp³-hybridized carbons (Fsp3) is 0.474. The van der Waals surface area contributed by atoms with E-state index in [1.165, 1.54) is 0 Å². The van der Waals surface area contributed by atoms with Gasteiger partial charge in [0.2, 0.25) is 0 Å². The Morgan fingerprint density at radius 1 is 1.26 bits per heavy atom. The predicted molar refractivity (Wildman–Crippen MR) is 91.3 cm³/mol. The summed E-state index contributed by atoms with van der Waals surface area (Å²) in [6.07, 6.45) is 2.37. The molecule has 124 valence electrons. The molecule has 23 heavy (non-hydrogen) atoms. The molecule has 0 spiro atoms. The molecule has 1 aliphatic rings. The molecule has 1 N–H and O–H groups in total. The summed E-state index contributed by atoms with van der Waals surface area (Å²) in [7, 11) is 0. The van der Waals surface area contributed by atoms with Gasteiger partial charge in [-0.05, 0) is 17.4 Å². The number of allylic oxidation sites excluding steroid dienone is 2. The lowest BCUT2D eigenvalue weighted by Gasteiger charge is -2.29. The number of nitrogens with zero attached hydrogens (tertiary/aromatic N) is 1. The van der Waals surface area contributed by atoms with Gasteiger partial charge in [-0.15, -0.1) is 0 Å². The minimum Gasteiger partial charge on any atom is -0.511 e. The Morgan fingerprint density at radius 2 is 1.96 bits per heavy atom. The van der Waals surface area contributed by atoms with Gasteiger partial charge >= 0.3 is 0 Å². The first-order valence-electron chi connectivity index (χ1n) is 8.11. The van der Waals surface area contributed by atoms with Crippen molar-refractivity contribution in [1.29, 1.82) is 0 Å². The lowest BCUT2D eigenvalue weighted by Crippen LogP contribution is -2.29. The van der Waals surface area contributed by atoms with E-state index in [9.17, 15) is 9.90 Å². The molecule has 0 saturated carbocycles. The van der Waals surface area contributed by atoms with Crippen LogP contribution in [0, 0.1) is 5.41 Å². The van der Waals surface area contributed by atoms with Crippen LogP contribution in [0.1, 0.15) is 52.0 Å². The number of carbonyl (C=O) groups is 1. The Hall–Kier alpha value is -2.10. The lowest BCUT2D eigenvalue weighted by atomic mass is 9.75. The molecule has 0 aromatic heterocycles. The molecule has 1 aromatic rings. The predicted octanol–water partition coefficient (Wildman–Crippen LogP) is 4.56. The number of hydrogen-bond donors (Lipinski definition) is 1. The first kappa shape index (κ1) is 17.3. The number of rotatable bonds is 6. The average molecular weight is 315 g/mol. The van der Waals surface area contributed by atoms with Gasteiger partial charge in [0.25, 0.3) is 0 Å². The second-order valence-electron chi connectivity index (χ2n) is 6.81. The number of carbonyl (C=O) groups excluding carboxylic acids is 1. The van der Waals surface area contributed by atoms with E-state index in [-0.39, 0.29) is 17.0 Å². The molecule has 0 atom stereocenters. The monoisotopic (exact) mass is 315 g/mol. The Morgan fingerprint density at radius 3 is 2.57 bits per heavy atom. The summed E-state index contributed by atoms with van der Waals surface area (Å²) in [4.78, 5) is 17.8. The molecule has 0 saturated heterocycles. The van der Waals surface area contributed by atoms with Gasteiger partial charge in [-0.1, -0.05) is 62.7 Å². The van der Waals surface area contributed by atoms with Crippen molar-refractivity contribution < 1.29 is 14.7 Å². The van der Waals surface area contributed by atoms with E-state index in [0.717, 1.165) is 12.0 Å². The molecule has 2 rings (SSSR count). The zero-order chi connectivity index (χ0) is 16.9. The number of benzene rings is 1. The second-order valence-corrected chi connectivity index (χ2v) is 6.81. The van der Waals surface area contributed by atoms with Crippen LogP contribution in [0.2, 0.25) is 0 Å². The number of aliphatic hydroxyl groups is 1. The van der Waals surface area contributed by atoms with Gasteiger partial charge in [0, 0.05) is 12.8 Å². The van der Waals surface area contributed by atoms with Crippen molar-refractivity contribution >= 4 is 11.5 Å². The van der Waals surface area contributed by atoms with Crippen molar-refractivity contribution in [3.63, 3.8) is 0 Å². The summed E-state index contributed by atoms with van der Waals surface area (Å²) in [5, 5.41) is 14.5. The van der Waals surface area contributed by atoms with Crippen LogP contribution >= 0.6 is 0 Å². The summed E-state index contributed by atoms with van der Waals surface area (Å²) in [6, 6.07) is 9.74. The second kappa shape index (κ2) is 7.44. The summed E-state index contributed by atoms with van der Waals surface area (Å²) in [6.45, 7) is 6.34. The Labute approximate surface area is 137 Å². The zero-order valence-corrected chi connectivity index (χ0v) is 14.1. The fourth-order valence-electron chi connectivity index (χ4n) is 2.83. The molecule has 0 aliphatic heterocycles. The van der Waals surface area contributed by atoms with Gasteiger partial charge in [0.15, 0.2) is 5.78 Å². The molecule has 0 bridgehead atoms. The maximum atomic E-state index is 12.4. The maximum absolute atomic E-state index is 12.4. The number of oxime groups is 1. The highest BCUT2D eigenvalue weighted by atomic mass is 16.6. The first-order chi connectivity index (χ1) is 10.9. The third kappa shape index (κ3) is 4.68. The number of ketones is 1. The highest BCUT2D eigenvalue weighted by molar-refractivity contribution is 6.23. The normalized spacial score (nSPS) is 18.2. The van der Waals surface area contributed by atoms with Crippen LogP contribution in [0.4, 0.5) is 0 Å². The van der Waals surface area contributed by atoms with Crippen LogP contribution in [0.15, 0.2) is 46.8 Å². The van der Waals surface area contributed by atoms with E-state index in [0.29, 0.717) is 37.2 Å². The minimum atomic E-state index is -0.202.